The number of anilines is 1. The number of ether oxygens (including phenoxy) is 1. The van der Waals surface area contributed by atoms with E-state index in [9.17, 15) is 4.39 Å². The molecule has 1 aliphatic heterocycles. The Kier molecular flexibility index (Phi) is 4.77. The van der Waals surface area contributed by atoms with Crippen molar-refractivity contribution in [2.75, 3.05) is 38.2 Å². The minimum Gasteiger partial charge on any atom is -0.379 e. The van der Waals surface area contributed by atoms with Crippen LogP contribution in [-0.2, 0) is 4.74 Å². The molecule has 1 fully saturated rings. The van der Waals surface area contributed by atoms with Gasteiger partial charge >= 0.3 is 0 Å². The number of nitrogens with one attached hydrogen (secondary N) is 1. The average molecular weight is 356 g/mol. The van der Waals surface area contributed by atoms with Crippen LogP contribution in [0.4, 0.5) is 10.2 Å². The highest BCUT2D eigenvalue weighted by Gasteiger charge is 2.23. The summed E-state index contributed by atoms with van der Waals surface area (Å²) in [5.41, 5.74) is 1.94. The molecule has 1 saturated heterocycles. The largest absolute Gasteiger partial charge is 0.379 e. The standard InChI is InChI=1S/C18H21FN6O/c1-13-10-17(25-18(23-13)21-12-22-25)20-11-16(24-6-8-26-9-7-24)14-2-4-15(19)5-3-14/h2-5,10,12,16,20H,6-9,11H2,1H3/t16-/m0/s1. The lowest BCUT2D eigenvalue weighted by Crippen LogP contribution is -2.41. The minimum absolute atomic E-state index is 0.103. The monoisotopic (exact) mass is 356 g/mol. The van der Waals surface area contributed by atoms with Gasteiger partial charge < -0.3 is 10.1 Å². The second kappa shape index (κ2) is 7.35. The molecule has 0 radical (unpaired) electrons. The molecule has 7 nitrogen and oxygen atoms in total. The Morgan fingerprint density at radius 1 is 1.23 bits per heavy atom. The fourth-order valence-corrected chi connectivity index (χ4v) is 3.29. The van der Waals surface area contributed by atoms with Gasteiger partial charge in [-0.1, -0.05) is 12.1 Å². The number of fused-ring (bicyclic) bond motifs is 1. The van der Waals surface area contributed by atoms with Gasteiger partial charge in [0, 0.05) is 31.4 Å². The third kappa shape index (κ3) is 3.51. The zero-order valence-corrected chi connectivity index (χ0v) is 14.6. The highest BCUT2D eigenvalue weighted by molar-refractivity contribution is 5.45. The maximum absolute atomic E-state index is 13.4. The molecule has 0 aliphatic carbocycles. The van der Waals surface area contributed by atoms with Crippen LogP contribution in [0.15, 0.2) is 36.7 Å². The molecule has 8 heteroatoms. The Morgan fingerprint density at radius 2 is 2.00 bits per heavy atom. The van der Waals surface area contributed by atoms with E-state index in [1.54, 1.807) is 4.52 Å². The maximum atomic E-state index is 13.4. The number of hydrogen-bond donors (Lipinski definition) is 1. The summed E-state index contributed by atoms with van der Waals surface area (Å²) in [4.78, 5) is 10.9. The van der Waals surface area contributed by atoms with E-state index in [2.05, 4.69) is 25.3 Å². The van der Waals surface area contributed by atoms with Crippen LogP contribution in [0, 0.1) is 12.7 Å². The maximum Gasteiger partial charge on any atom is 0.254 e. The van der Waals surface area contributed by atoms with E-state index in [0.29, 0.717) is 25.5 Å². The van der Waals surface area contributed by atoms with Gasteiger partial charge in [-0.25, -0.2) is 9.37 Å². The highest BCUT2D eigenvalue weighted by Crippen LogP contribution is 2.23. The van der Waals surface area contributed by atoms with Crippen LogP contribution >= 0.6 is 0 Å². The lowest BCUT2D eigenvalue weighted by Gasteiger charge is -2.35. The number of aryl methyl sites for hydroxylation is 1. The van der Waals surface area contributed by atoms with Gasteiger partial charge in [-0.3, -0.25) is 4.90 Å². The van der Waals surface area contributed by atoms with Crippen molar-refractivity contribution >= 4 is 11.6 Å². The van der Waals surface area contributed by atoms with Gasteiger partial charge in [-0.15, -0.1) is 0 Å². The molecule has 26 heavy (non-hydrogen) atoms. The lowest BCUT2D eigenvalue weighted by molar-refractivity contribution is 0.0187. The van der Waals surface area contributed by atoms with Gasteiger partial charge in [0.1, 0.15) is 18.0 Å². The molecule has 2 aromatic heterocycles. The first kappa shape index (κ1) is 16.9. The molecule has 3 aromatic rings. The smallest absolute Gasteiger partial charge is 0.254 e. The van der Waals surface area contributed by atoms with Crippen LogP contribution in [0.5, 0.6) is 0 Å². The quantitative estimate of drug-likeness (QED) is 0.755. The summed E-state index contributed by atoms with van der Waals surface area (Å²) in [6.45, 7) is 5.69. The van der Waals surface area contributed by atoms with Crippen molar-refractivity contribution in [3.63, 3.8) is 0 Å². The van der Waals surface area contributed by atoms with Gasteiger partial charge in [0.2, 0.25) is 0 Å². The van der Waals surface area contributed by atoms with Crippen molar-refractivity contribution in [2.45, 2.75) is 13.0 Å². The Hall–Kier alpha value is -2.58. The lowest BCUT2D eigenvalue weighted by atomic mass is 10.0. The topological polar surface area (TPSA) is 67.6 Å². The second-order valence-corrected chi connectivity index (χ2v) is 6.35. The summed E-state index contributed by atoms with van der Waals surface area (Å²) >= 11 is 0. The molecule has 1 N–H and O–H groups in total. The van der Waals surface area contributed by atoms with E-state index >= 15 is 0 Å². The number of aromatic nitrogens is 4. The van der Waals surface area contributed by atoms with Crippen molar-refractivity contribution in [1.82, 2.24) is 24.5 Å². The van der Waals surface area contributed by atoms with E-state index in [1.807, 2.05) is 25.1 Å². The van der Waals surface area contributed by atoms with Crippen LogP contribution in [0.2, 0.25) is 0 Å². The Bertz CT molecular complexity index is 875. The van der Waals surface area contributed by atoms with Gasteiger partial charge in [0.05, 0.1) is 19.3 Å². The highest BCUT2D eigenvalue weighted by atomic mass is 19.1. The third-order valence-electron chi connectivity index (χ3n) is 4.60. The molecule has 0 bridgehead atoms. The zero-order chi connectivity index (χ0) is 17.9. The normalized spacial score (nSPS) is 16.7. The number of morpholine rings is 1. The van der Waals surface area contributed by atoms with Crippen molar-refractivity contribution in [3.05, 3.63) is 53.7 Å². The van der Waals surface area contributed by atoms with Gasteiger partial charge in [0.15, 0.2) is 0 Å². The van der Waals surface area contributed by atoms with Crippen LogP contribution in [0.25, 0.3) is 5.78 Å². The van der Waals surface area contributed by atoms with Gasteiger partial charge in [-0.2, -0.15) is 14.6 Å². The molecule has 4 rings (SSSR count). The molecule has 3 heterocycles. The Morgan fingerprint density at radius 3 is 2.77 bits per heavy atom. The Balaban J connectivity index is 1.59. The molecule has 0 unspecified atom stereocenters. The molecular formula is C18H21FN6O. The van der Waals surface area contributed by atoms with Crippen LogP contribution in [-0.4, -0.2) is 57.3 Å². The van der Waals surface area contributed by atoms with Crippen LogP contribution < -0.4 is 5.32 Å². The number of hydrogen-bond acceptors (Lipinski definition) is 6. The second-order valence-electron chi connectivity index (χ2n) is 6.35. The van der Waals surface area contributed by atoms with E-state index in [1.165, 1.54) is 18.5 Å². The molecule has 1 aliphatic rings. The molecular weight excluding hydrogens is 335 g/mol. The SMILES string of the molecule is Cc1cc(NC[C@@H](c2ccc(F)cc2)N2CCOCC2)n2ncnc2n1. The number of halogens is 1. The summed E-state index contributed by atoms with van der Waals surface area (Å²) in [5.74, 6) is 1.18. The van der Waals surface area contributed by atoms with Crippen molar-refractivity contribution in [3.8, 4) is 0 Å². The molecule has 136 valence electrons. The van der Waals surface area contributed by atoms with Crippen molar-refractivity contribution in [1.29, 1.82) is 0 Å². The first-order valence-corrected chi connectivity index (χ1v) is 8.69. The zero-order valence-electron chi connectivity index (χ0n) is 14.6. The predicted octanol–water partition coefficient (Wildman–Crippen LogP) is 2.06. The fraction of sp³-hybridized carbons (Fsp3) is 0.389. The Labute approximate surface area is 150 Å². The number of rotatable bonds is 5. The first-order chi connectivity index (χ1) is 12.7. The summed E-state index contributed by atoms with van der Waals surface area (Å²) in [6.07, 6.45) is 1.49. The fourth-order valence-electron chi connectivity index (χ4n) is 3.29. The summed E-state index contributed by atoms with van der Waals surface area (Å²) in [5, 5.41) is 7.70. The van der Waals surface area contributed by atoms with E-state index in [4.69, 9.17) is 4.74 Å². The number of benzene rings is 1. The average Bonchev–Trinajstić information content (AvgIpc) is 3.12. The minimum atomic E-state index is -0.225. The van der Waals surface area contributed by atoms with E-state index in [0.717, 1.165) is 30.2 Å². The van der Waals surface area contributed by atoms with Crippen LogP contribution in [0.1, 0.15) is 17.3 Å². The molecule has 1 aromatic carbocycles. The summed E-state index contributed by atoms with van der Waals surface area (Å²) in [6, 6.07) is 8.76. The van der Waals surface area contributed by atoms with E-state index < -0.39 is 0 Å². The van der Waals surface area contributed by atoms with Crippen molar-refractivity contribution in [2.24, 2.45) is 0 Å². The van der Waals surface area contributed by atoms with Gasteiger partial charge in [0.25, 0.3) is 5.78 Å². The summed E-state index contributed by atoms with van der Waals surface area (Å²) in [7, 11) is 0. The molecule has 1 atom stereocenters. The van der Waals surface area contributed by atoms with Gasteiger partial charge in [-0.05, 0) is 24.6 Å². The third-order valence-corrected chi connectivity index (χ3v) is 4.60. The first-order valence-electron chi connectivity index (χ1n) is 8.69. The predicted molar refractivity (Wildman–Crippen MR) is 95.5 cm³/mol. The number of nitrogens with zero attached hydrogens (tertiary/aromatic N) is 5. The molecule has 0 saturated carbocycles. The molecule has 0 spiro atoms. The van der Waals surface area contributed by atoms with Crippen LogP contribution in [0.3, 0.4) is 0 Å². The molecule has 0 amide bonds. The van der Waals surface area contributed by atoms with E-state index in [-0.39, 0.29) is 11.9 Å². The summed E-state index contributed by atoms with van der Waals surface area (Å²) < 4.78 is 20.5. The van der Waals surface area contributed by atoms with Crippen molar-refractivity contribution < 1.29 is 9.13 Å².